The quantitative estimate of drug-likeness (QED) is 0.774. The molecule has 1 N–H and O–H groups in total. The standard InChI is InChI=1S/C17H20O/c1-11(2)9-10-14-12(3)15-7-5-6-8-16(15)17(18)13(14)4/h5-9,18H,10H2,1-4H3/i/hD. The summed E-state index contributed by atoms with van der Waals surface area (Å²) in [6.45, 7) is 8.40. The third kappa shape index (κ3) is 2.13. The van der Waals surface area contributed by atoms with Crippen LogP contribution in [-0.4, -0.2) is 6.54 Å². The minimum absolute atomic E-state index is 0.679. The number of benzene rings is 2. The first-order valence-electron chi connectivity index (χ1n) is 6.74. The molecule has 0 bridgehead atoms. The van der Waals surface area contributed by atoms with E-state index in [0.29, 0.717) is 5.75 Å². The van der Waals surface area contributed by atoms with E-state index < -0.39 is 0 Å². The Balaban J connectivity index is 2.73. The minimum Gasteiger partial charge on any atom is -0.507 e. The van der Waals surface area contributed by atoms with Crippen LogP contribution in [0.1, 0.15) is 30.5 Å². The number of rotatable bonds is 3. The summed E-state index contributed by atoms with van der Waals surface area (Å²) in [7, 11) is 0. The van der Waals surface area contributed by atoms with Crippen molar-refractivity contribution < 1.29 is 5.11 Å². The van der Waals surface area contributed by atoms with Gasteiger partial charge in [0.2, 0.25) is 0 Å². The molecule has 2 aromatic carbocycles. The van der Waals surface area contributed by atoms with Crippen LogP contribution < -0.4 is 0 Å². The van der Waals surface area contributed by atoms with Crippen molar-refractivity contribution in [1.29, 1.82) is 1.43 Å². The third-order valence-electron chi connectivity index (χ3n) is 3.54. The molecule has 0 fully saturated rings. The van der Waals surface area contributed by atoms with Gasteiger partial charge in [-0.25, -0.2) is 0 Å². The molecule has 94 valence electrons. The molecule has 0 atom stereocenters. The Hall–Kier alpha value is -1.76. The fraction of sp³-hybridized carbons (Fsp3) is 0.294. The molecule has 0 saturated carbocycles. The second-order valence-electron chi connectivity index (χ2n) is 5.09. The lowest BCUT2D eigenvalue weighted by Crippen LogP contribution is -1.95. The van der Waals surface area contributed by atoms with E-state index in [9.17, 15) is 0 Å². The van der Waals surface area contributed by atoms with Crippen LogP contribution in [0.2, 0.25) is 0 Å². The van der Waals surface area contributed by atoms with Gasteiger partial charge in [0.1, 0.15) is 5.75 Å². The zero-order valence-electron chi connectivity index (χ0n) is 12.5. The molecule has 0 amide bonds. The number of hydrogen-bond acceptors (Lipinski definition) is 1. The van der Waals surface area contributed by atoms with E-state index in [2.05, 4.69) is 32.9 Å². The Labute approximate surface area is 110 Å². The van der Waals surface area contributed by atoms with E-state index in [1.54, 1.807) is 0 Å². The normalized spacial score (nSPS) is 11.2. The monoisotopic (exact) mass is 241 g/mol. The van der Waals surface area contributed by atoms with E-state index in [1.165, 1.54) is 22.1 Å². The second kappa shape index (κ2) is 4.85. The maximum Gasteiger partial charge on any atom is 0.293 e. The van der Waals surface area contributed by atoms with Crippen LogP contribution in [0.15, 0.2) is 35.9 Å². The van der Waals surface area contributed by atoms with Gasteiger partial charge in [0.25, 0.3) is 1.43 Å². The maximum absolute atomic E-state index is 7.34. The van der Waals surface area contributed by atoms with Gasteiger partial charge in [-0.05, 0) is 56.2 Å². The van der Waals surface area contributed by atoms with Crippen molar-refractivity contribution in [3.8, 4) is 5.75 Å². The topological polar surface area (TPSA) is 20.2 Å². The van der Waals surface area contributed by atoms with Crippen LogP contribution in [0, 0.1) is 13.8 Å². The number of phenols is 1. The molecule has 0 unspecified atom stereocenters. The predicted octanol–water partition coefficient (Wildman–Crippen LogP) is 4.67. The SMILES string of the molecule is [2H]Oc1c(C)c(CC=C(C)C)c(C)c2ccccc12. The Morgan fingerprint density at radius 1 is 1.17 bits per heavy atom. The molecule has 0 aliphatic heterocycles. The molecular weight excluding hydrogens is 220 g/mol. The number of aromatic hydroxyl groups is 1. The van der Waals surface area contributed by atoms with Crippen molar-refractivity contribution >= 4 is 10.8 Å². The molecular formula is C17H20O. The Kier molecular flexibility index (Phi) is 3.06. The lowest BCUT2D eigenvalue weighted by molar-refractivity contribution is 0.476. The molecule has 0 saturated heterocycles. The summed E-state index contributed by atoms with van der Waals surface area (Å²) in [5.74, 6) is 0.679. The first-order chi connectivity index (χ1) is 9.06. The predicted molar refractivity (Wildman–Crippen MR) is 78.2 cm³/mol. The van der Waals surface area contributed by atoms with Crippen molar-refractivity contribution in [2.24, 2.45) is 0 Å². The molecule has 0 aliphatic rings. The first kappa shape index (κ1) is 11.3. The van der Waals surface area contributed by atoms with Crippen molar-refractivity contribution in [3.05, 3.63) is 52.6 Å². The Morgan fingerprint density at radius 3 is 2.44 bits per heavy atom. The van der Waals surface area contributed by atoms with Crippen LogP contribution in [-0.2, 0) is 6.42 Å². The van der Waals surface area contributed by atoms with E-state index >= 15 is 0 Å². The number of aryl methyl sites for hydroxylation is 1. The van der Waals surface area contributed by atoms with E-state index in [1.807, 2.05) is 25.1 Å². The highest BCUT2D eigenvalue weighted by Gasteiger charge is 2.12. The minimum atomic E-state index is 0.679. The lowest BCUT2D eigenvalue weighted by atomic mass is 9.92. The van der Waals surface area contributed by atoms with E-state index in [4.69, 9.17) is 6.54 Å². The largest absolute Gasteiger partial charge is 0.507 e. The highest BCUT2D eigenvalue weighted by molar-refractivity contribution is 5.93. The summed E-state index contributed by atoms with van der Waals surface area (Å²) in [5.41, 5.74) is 4.93. The van der Waals surface area contributed by atoms with E-state index in [0.717, 1.165) is 17.4 Å². The van der Waals surface area contributed by atoms with Gasteiger partial charge in [0.05, 0.1) is 0 Å². The first-order valence-corrected chi connectivity index (χ1v) is 6.33. The molecule has 2 rings (SSSR count). The Morgan fingerprint density at radius 2 is 1.83 bits per heavy atom. The number of allylic oxidation sites excluding steroid dienone is 2. The van der Waals surface area contributed by atoms with Gasteiger partial charge in [0.15, 0.2) is 0 Å². The molecule has 2 aromatic rings. The number of phenolic OH excluding ortho intramolecular Hbond substituents is 1. The fourth-order valence-corrected chi connectivity index (χ4v) is 2.40. The van der Waals surface area contributed by atoms with Gasteiger partial charge < -0.3 is 5.11 Å². The van der Waals surface area contributed by atoms with Crippen molar-refractivity contribution in [2.45, 2.75) is 34.1 Å². The van der Waals surface area contributed by atoms with Crippen LogP contribution in [0.4, 0.5) is 0 Å². The zero-order valence-corrected chi connectivity index (χ0v) is 11.5. The van der Waals surface area contributed by atoms with Gasteiger partial charge in [-0.1, -0.05) is 35.9 Å². The van der Waals surface area contributed by atoms with Crippen molar-refractivity contribution in [2.75, 3.05) is 0 Å². The third-order valence-corrected chi connectivity index (χ3v) is 3.54. The van der Waals surface area contributed by atoms with Gasteiger partial charge in [-0.3, -0.25) is 0 Å². The Bertz CT molecular complexity index is 637. The van der Waals surface area contributed by atoms with Gasteiger partial charge in [-0.15, -0.1) is 0 Å². The number of fused-ring (bicyclic) bond motifs is 1. The molecule has 1 nitrogen and oxygen atoms in total. The van der Waals surface area contributed by atoms with Gasteiger partial charge in [0, 0.05) is 5.39 Å². The fourth-order valence-electron chi connectivity index (χ4n) is 2.40. The molecule has 1 heteroatoms. The summed E-state index contributed by atoms with van der Waals surface area (Å²) in [4.78, 5) is 0. The summed E-state index contributed by atoms with van der Waals surface area (Å²) in [5, 5.41) is 7.09. The molecule has 0 aromatic heterocycles. The van der Waals surface area contributed by atoms with Gasteiger partial charge in [-0.2, -0.15) is 0 Å². The van der Waals surface area contributed by atoms with Crippen molar-refractivity contribution in [1.82, 2.24) is 0 Å². The molecule has 18 heavy (non-hydrogen) atoms. The average molecular weight is 241 g/mol. The van der Waals surface area contributed by atoms with E-state index in [-0.39, 0.29) is 0 Å². The average Bonchev–Trinajstić information content (AvgIpc) is 2.39. The smallest absolute Gasteiger partial charge is 0.293 e. The molecule has 0 radical (unpaired) electrons. The van der Waals surface area contributed by atoms with Crippen LogP contribution in [0.25, 0.3) is 10.8 Å². The lowest BCUT2D eigenvalue weighted by Gasteiger charge is -2.14. The highest BCUT2D eigenvalue weighted by atomic mass is 16.3. The summed E-state index contributed by atoms with van der Waals surface area (Å²) >= 11 is 0. The molecule has 0 heterocycles. The summed E-state index contributed by atoms with van der Waals surface area (Å²) < 4.78 is 7.34. The van der Waals surface area contributed by atoms with Crippen molar-refractivity contribution in [3.63, 3.8) is 0 Å². The maximum atomic E-state index is 7.34. The van der Waals surface area contributed by atoms with Crippen LogP contribution >= 0.6 is 0 Å². The van der Waals surface area contributed by atoms with Crippen LogP contribution in [0.3, 0.4) is 0 Å². The zero-order chi connectivity index (χ0) is 14.0. The number of hydrogen-bond donors (Lipinski definition) is 1. The summed E-state index contributed by atoms with van der Waals surface area (Å²) in [6.07, 6.45) is 3.11. The molecule has 0 spiro atoms. The highest BCUT2D eigenvalue weighted by Crippen LogP contribution is 2.34. The van der Waals surface area contributed by atoms with Gasteiger partial charge >= 0.3 is 0 Å². The van der Waals surface area contributed by atoms with Crippen LogP contribution in [0.5, 0.6) is 5.75 Å². The molecule has 0 aliphatic carbocycles. The summed E-state index contributed by atoms with van der Waals surface area (Å²) in [6, 6.07) is 8.13. The second-order valence-corrected chi connectivity index (χ2v) is 5.09.